The molecule has 1 saturated heterocycles. The number of pyridine rings is 1. The van der Waals surface area contributed by atoms with Crippen LogP contribution in [0.1, 0.15) is 19.3 Å². The van der Waals surface area contributed by atoms with Gasteiger partial charge >= 0.3 is 0 Å². The Labute approximate surface area is 128 Å². The van der Waals surface area contributed by atoms with Gasteiger partial charge in [-0.25, -0.2) is 15.0 Å². The summed E-state index contributed by atoms with van der Waals surface area (Å²) in [6.45, 7) is 2.13. The minimum absolute atomic E-state index is 0.489. The number of rotatable bonds is 2. The summed E-state index contributed by atoms with van der Waals surface area (Å²) in [5.41, 5.74) is 8.58. The van der Waals surface area contributed by atoms with Gasteiger partial charge in [-0.05, 0) is 31.4 Å². The van der Waals surface area contributed by atoms with Crippen LogP contribution in [0.3, 0.4) is 0 Å². The van der Waals surface area contributed by atoms with Crippen LogP contribution < -0.4 is 10.6 Å². The van der Waals surface area contributed by atoms with Crippen molar-refractivity contribution in [1.29, 1.82) is 0 Å². The van der Waals surface area contributed by atoms with E-state index in [1.165, 1.54) is 19.3 Å². The van der Waals surface area contributed by atoms with Gasteiger partial charge in [0.25, 0.3) is 0 Å². The third kappa shape index (κ3) is 2.26. The van der Waals surface area contributed by atoms with Crippen LogP contribution in [0, 0.1) is 0 Å². The average molecular weight is 294 g/mol. The van der Waals surface area contributed by atoms with E-state index in [4.69, 9.17) is 5.73 Å². The highest BCUT2D eigenvalue weighted by atomic mass is 15.2. The van der Waals surface area contributed by atoms with E-state index in [1.54, 1.807) is 6.33 Å². The van der Waals surface area contributed by atoms with Crippen molar-refractivity contribution in [3.63, 3.8) is 0 Å². The number of nitrogens with zero attached hydrogens (tertiary/aromatic N) is 4. The largest absolute Gasteiger partial charge is 0.384 e. The summed E-state index contributed by atoms with van der Waals surface area (Å²) in [7, 11) is 0. The predicted molar refractivity (Wildman–Crippen MR) is 87.6 cm³/mol. The van der Waals surface area contributed by atoms with E-state index in [0.717, 1.165) is 41.2 Å². The highest BCUT2D eigenvalue weighted by molar-refractivity contribution is 5.93. The van der Waals surface area contributed by atoms with Crippen molar-refractivity contribution in [1.82, 2.24) is 19.9 Å². The number of anilines is 2. The first-order valence-electron chi connectivity index (χ1n) is 7.62. The first-order valence-corrected chi connectivity index (χ1v) is 7.62. The Balaban J connectivity index is 1.79. The molecule has 6 nitrogen and oxygen atoms in total. The lowest BCUT2D eigenvalue weighted by Gasteiger charge is -2.27. The molecule has 0 atom stereocenters. The standard InChI is InChI=1S/C16H18N6/c17-14-8-12(11-4-5-18-16(11)21-14)13-9-15(20-10-19-13)22-6-2-1-3-7-22/h4-5,8-10H,1-3,6-7H2,(H3,17,18,21). The molecule has 0 spiro atoms. The van der Waals surface area contributed by atoms with E-state index in [9.17, 15) is 0 Å². The molecule has 3 aromatic rings. The molecular weight excluding hydrogens is 276 g/mol. The van der Waals surface area contributed by atoms with Crippen LogP contribution in [0.15, 0.2) is 30.7 Å². The normalized spacial score (nSPS) is 15.4. The molecule has 0 unspecified atom stereocenters. The topological polar surface area (TPSA) is 83.7 Å². The summed E-state index contributed by atoms with van der Waals surface area (Å²) in [4.78, 5) is 18.6. The van der Waals surface area contributed by atoms with Crippen molar-refractivity contribution < 1.29 is 0 Å². The Morgan fingerprint density at radius 1 is 1.09 bits per heavy atom. The van der Waals surface area contributed by atoms with E-state index >= 15 is 0 Å². The SMILES string of the molecule is Nc1cc(-c2cc(N3CCCCC3)ncn2)c2cc[nH]c2n1. The number of hydrogen-bond donors (Lipinski definition) is 2. The number of nitrogens with one attached hydrogen (secondary N) is 1. The molecule has 0 aliphatic carbocycles. The van der Waals surface area contributed by atoms with Gasteiger partial charge in [-0.15, -0.1) is 0 Å². The fraction of sp³-hybridized carbons (Fsp3) is 0.312. The predicted octanol–water partition coefficient (Wildman–Crippen LogP) is 2.59. The van der Waals surface area contributed by atoms with Gasteiger partial charge in [0.15, 0.2) is 0 Å². The first-order chi connectivity index (χ1) is 10.8. The Bertz CT molecular complexity index is 803. The Hall–Kier alpha value is -2.63. The molecule has 0 aromatic carbocycles. The third-order valence-electron chi connectivity index (χ3n) is 4.16. The monoisotopic (exact) mass is 294 g/mol. The van der Waals surface area contributed by atoms with Crippen LogP contribution in [0.4, 0.5) is 11.6 Å². The summed E-state index contributed by atoms with van der Waals surface area (Å²) in [5, 5.41) is 1.03. The Morgan fingerprint density at radius 2 is 1.95 bits per heavy atom. The number of piperidine rings is 1. The molecule has 0 radical (unpaired) electrons. The lowest BCUT2D eigenvalue weighted by molar-refractivity contribution is 0.573. The molecule has 112 valence electrons. The molecule has 3 N–H and O–H groups in total. The van der Waals surface area contributed by atoms with Gasteiger partial charge in [0.05, 0.1) is 5.69 Å². The van der Waals surface area contributed by atoms with Crippen molar-refractivity contribution >= 4 is 22.7 Å². The second-order valence-electron chi connectivity index (χ2n) is 5.64. The first kappa shape index (κ1) is 13.1. The maximum Gasteiger partial charge on any atom is 0.140 e. The van der Waals surface area contributed by atoms with Crippen molar-refractivity contribution in [3.05, 3.63) is 30.7 Å². The highest BCUT2D eigenvalue weighted by Crippen LogP contribution is 2.29. The van der Waals surface area contributed by atoms with E-state index in [0.29, 0.717) is 5.82 Å². The molecule has 4 heterocycles. The van der Waals surface area contributed by atoms with Crippen LogP contribution in [0.5, 0.6) is 0 Å². The van der Waals surface area contributed by atoms with E-state index < -0.39 is 0 Å². The summed E-state index contributed by atoms with van der Waals surface area (Å²) >= 11 is 0. The van der Waals surface area contributed by atoms with Crippen LogP contribution in [0.25, 0.3) is 22.3 Å². The van der Waals surface area contributed by atoms with E-state index in [2.05, 4.69) is 24.8 Å². The van der Waals surface area contributed by atoms with E-state index in [-0.39, 0.29) is 0 Å². The summed E-state index contributed by atoms with van der Waals surface area (Å²) in [6, 6.07) is 5.92. The number of hydrogen-bond acceptors (Lipinski definition) is 5. The quantitative estimate of drug-likeness (QED) is 0.759. The van der Waals surface area contributed by atoms with E-state index in [1.807, 2.05) is 24.4 Å². The molecule has 1 aliphatic rings. The van der Waals surface area contributed by atoms with Crippen LogP contribution >= 0.6 is 0 Å². The molecule has 1 aliphatic heterocycles. The molecule has 0 amide bonds. The van der Waals surface area contributed by atoms with Crippen molar-refractivity contribution in [3.8, 4) is 11.3 Å². The average Bonchev–Trinajstić information content (AvgIpc) is 3.03. The van der Waals surface area contributed by atoms with Gasteiger partial charge in [-0.3, -0.25) is 0 Å². The number of nitrogens with two attached hydrogens (primary N) is 1. The second-order valence-corrected chi connectivity index (χ2v) is 5.64. The molecule has 3 aromatic heterocycles. The molecule has 4 rings (SSSR count). The van der Waals surface area contributed by atoms with Crippen LogP contribution in [-0.4, -0.2) is 33.0 Å². The lowest BCUT2D eigenvalue weighted by atomic mass is 10.1. The number of fused-ring (bicyclic) bond motifs is 1. The zero-order valence-corrected chi connectivity index (χ0v) is 12.3. The molecule has 22 heavy (non-hydrogen) atoms. The fourth-order valence-corrected chi connectivity index (χ4v) is 3.06. The van der Waals surface area contributed by atoms with Crippen molar-refractivity contribution in [2.75, 3.05) is 23.7 Å². The maximum atomic E-state index is 5.92. The Morgan fingerprint density at radius 3 is 2.82 bits per heavy atom. The molecule has 1 fully saturated rings. The fourth-order valence-electron chi connectivity index (χ4n) is 3.06. The zero-order chi connectivity index (χ0) is 14.9. The number of aromatic amines is 1. The number of nitrogen functional groups attached to an aromatic ring is 1. The van der Waals surface area contributed by atoms with Gasteiger partial charge < -0.3 is 15.6 Å². The van der Waals surface area contributed by atoms with Crippen molar-refractivity contribution in [2.45, 2.75) is 19.3 Å². The minimum atomic E-state index is 0.489. The molecular formula is C16H18N6. The minimum Gasteiger partial charge on any atom is -0.384 e. The number of aromatic nitrogens is 4. The maximum absolute atomic E-state index is 5.92. The highest BCUT2D eigenvalue weighted by Gasteiger charge is 2.15. The van der Waals surface area contributed by atoms with Gasteiger partial charge in [-0.2, -0.15) is 0 Å². The Kier molecular flexibility index (Phi) is 3.14. The summed E-state index contributed by atoms with van der Waals surface area (Å²) < 4.78 is 0. The van der Waals surface area contributed by atoms with Gasteiger partial charge in [0, 0.05) is 36.3 Å². The molecule has 0 saturated carbocycles. The second kappa shape index (κ2) is 5.29. The van der Waals surface area contributed by atoms with Gasteiger partial charge in [0.1, 0.15) is 23.6 Å². The number of H-pyrrole nitrogens is 1. The van der Waals surface area contributed by atoms with Gasteiger partial charge in [-0.1, -0.05) is 0 Å². The van der Waals surface area contributed by atoms with Crippen LogP contribution in [-0.2, 0) is 0 Å². The smallest absolute Gasteiger partial charge is 0.140 e. The molecule has 6 heteroatoms. The summed E-state index contributed by atoms with van der Waals surface area (Å²) in [5.74, 6) is 1.48. The van der Waals surface area contributed by atoms with Gasteiger partial charge in [0.2, 0.25) is 0 Å². The van der Waals surface area contributed by atoms with Crippen molar-refractivity contribution in [2.24, 2.45) is 0 Å². The third-order valence-corrected chi connectivity index (χ3v) is 4.16. The zero-order valence-electron chi connectivity index (χ0n) is 12.3. The summed E-state index contributed by atoms with van der Waals surface area (Å²) in [6.07, 6.45) is 7.26. The lowest BCUT2D eigenvalue weighted by Crippen LogP contribution is -2.30. The van der Waals surface area contributed by atoms with Crippen LogP contribution in [0.2, 0.25) is 0 Å². The molecule has 0 bridgehead atoms.